The van der Waals surface area contributed by atoms with Crippen LogP contribution in [0.5, 0.6) is 5.75 Å². The molecule has 0 heterocycles. The van der Waals surface area contributed by atoms with Gasteiger partial charge in [-0.2, -0.15) is 5.26 Å². The summed E-state index contributed by atoms with van der Waals surface area (Å²) in [5.74, 6) is -0.277. The van der Waals surface area contributed by atoms with Crippen molar-refractivity contribution in [3.63, 3.8) is 0 Å². The number of nitriles is 1. The lowest BCUT2D eigenvalue weighted by Crippen LogP contribution is -1.98. The molecule has 0 fully saturated rings. The highest BCUT2D eigenvalue weighted by Gasteiger charge is 2.06. The number of carboxylic acids is 1. The lowest BCUT2D eigenvalue weighted by molar-refractivity contribution is 0.0697. The van der Waals surface area contributed by atoms with Gasteiger partial charge in [0.05, 0.1) is 17.2 Å². The molecule has 0 saturated carbocycles. The van der Waals surface area contributed by atoms with E-state index >= 15 is 0 Å². The second-order valence-electron chi connectivity index (χ2n) is 6.01. The highest BCUT2D eigenvalue weighted by molar-refractivity contribution is 6.32. The Morgan fingerprint density at radius 1 is 1.04 bits per heavy atom. The molecule has 0 saturated heterocycles. The fourth-order valence-electron chi connectivity index (χ4n) is 2.59. The molecule has 0 aliphatic carbocycles. The second kappa shape index (κ2) is 8.90. The Balaban J connectivity index is 1.68. The fraction of sp³-hybridized carbons (Fsp3) is 0.0435. The summed E-state index contributed by atoms with van der Waals surface area (Å²) in [5, 5.41) is 18.9. The van der Waals surface area contributed by atoms with Crippen molar-refractivity contribution in [2.45, 2.75) is 6.61 Å². The molecule has 4 nitrogen and oxygen atoms in total. The normalized spacial score (nSPS) is 10.9. The molecular formula is C23H16ClNO3. The van der Waals surface area contributed by atoms with E-state index < -0.39 is 5.97 Å². The number of aromatic carboxylic acids is 1. The van der Waals surface area contributed by atoms with E-state index in [0.717, 1.165) is 11.1 Å². The van der Waals surface area contributed by atoms with E-state index in [2.05, 4.69) is 6.07 Å². The molecule has 0 spiro atoms. The summed E-state index contributed by atoms with van der Waals surface area (Å²) in [6, 6.07) is 23.3. The molecule has 0 radical (unpaired) electrons. The zero-order valence-corrected chi connectivity index (χ0v) is 15.6. The molecule has 0 bridgehead atoms. The number of rotatable bonds is 6. The van der Waals surface area contributed by atoms with Gasteiger partial charge in [-0.3, -0.25) is 0 Å². The third kappa shape index (κ3) is 4.79. The van der Waals surface area contributed by atoms with Crippen LogP contribution in [0.15, 0.2) is 72.8 Å². The highest BCUT2D eigenvalue weighted by atomic mass is 35.5. The standard InChI is InChI=1S/C23H16ClNO3/c24-22-4-2-1-3-21(22)19(14-25)13-16-7-11-20(12-8-16)28-15-17-5-9-18(10-6-17)23(26)27/h1-13H,15H2,(H,26,27). The zero-order chi connectivity index (χ0) is 19.9. The largest absolute Gasteiger partial charge is 0.489 e. The Morgan fingerprint density at radius 2 is 1.71 bits per heavy atom. The summed E-state index contributed by atoms with van der Waals surface area (Å²) < 4.78 is 5.73. The molecule has 3 aromatic rings. The highest BCUT2D eigenvalue weighted by Crippen LogP contribution is 2.25. The van der Waals surface area contributed by atoms with E-state index in [9.17, 15) is 10.1 Å². The van der Waals surface area contributed by atoms with E-state index in [-0.39, 0.29) is 5.56 Å². The maximum Gasteiger partial charge on any atom is 0.335 e. The fourth-order valence-corrected chi connectivity index (χ4v) is 2.82. The van der Waals surface area contributed by atoms with E-state index in [1.165, 1.54) is 0 Å². The number of ether oxygens (including phenoxy) is 1. The summed E-state index contributed by atoms with van der Waals surface area (Å²) in [6.45, 7) is 0.332. The molecule has 0 atom stereocenters. The van der Waals surface area contributed by atoms with Crippen molar-refractivity contribution < 1.29 is 14.6 Å². The number of hydrogen-bond donors (Lipinski definition) is 1. The first-order chi connectivity index (χ1) is 13.6. The molecule has 0 aromatic heterocycles. The molecule has 0 aliphatic heterocycles. The minimum Gasteiger partial charge on any atom is -0.489 e. The maximum absolute atomic E-state index is 10.9. The first-order valence-corrected chi connectivity index (χ1v) is 8.86. The molecule has 28 heavy (non-hydrogen) atoms. The number of carbonyl (C=O) groups is 1. The average Bonchev–Trinajstić information content (AvgIpc) is 2.72. The van der Waals surface area contributed by atoms with Crippen molar-refractivity contribution >= 4 is 29.2 Å². The van der Waals surface area contributed by atoms with Crippen molar-refractivity contribution in [2.24, 2.45) is 0 Å². The van der Waals surface area contributed by atoms with Gasteiger partial charge in [-0.25, -0.2) is 4.79 Å². The van der Waals surface area contributed by atoms with Crippen LogP contribution in [0, 0.1) is 11.3 Å². The van der Waals surface area contributed by atoms with Crippen molar-refractivity contribution in [1.29, 1.82) is 5.26 Å². The third-order valence-electron chi connectivity index (χ3n) is 4.08. The van der Waals surface area contributed by atoms with E-state index in [1.807, 2.05) is 42.5 Å². The van der Waals surface area contributed by atoms with Gasteiger partial charge in [0.25, 0.3) is 0 Å². The zero-order valence-electron chi connectivity index (χ0n) is 14.8. The summed E-state index contributed by atoms with van der Waals surface area (Å²) in [4.78, 5) is 10.9. The van der Waals surface area contributed by atoms with Gasteiger partial charge in [0.2, 0.25) is 0 Å². The van der Waals surface area contributed by atoms with E-state index in [4.69, 9.17) is 21.4 Å². The van der Waals surface area contributed by atoms with Crippen molar-refractivity contribution in [3.05, 3.63) is 100 Å². The summed E-state index contributed by atoms with van der Waals surface area (Å²) >= 11 is 6.17. The van der Waals surface area contributed by atoms with Crippen molar-refractivity contribution in [2.75, 3.05) is 0 Å². The van der Waals surface area contributed by atoms with Crippen LogP contribution in [-0.4, -0.2) is 11.1 Å². The Kier molecular flexibility index (Phi) is 6.11. The van der Waals surface area contributed by atoms with E-state index in [0.29, 0.717) is 28.5 Å². The molecular weight excluding hydrogens is 374 g/mol. The van der Waals surface area contributed by atoms with Gasteiger partial charge in [-0.1, -0.05) is 54.1 Å². The molecule has 0 amide bonds. The van der Waals surface area contributed by atoms with Crippen LogP contribution < -0.4 is 4.74 Å². The molecule has 3 rings (SSSR count). The summed E-state index contributed by atoms with van der Waals surface area (Å²) in [5.41, 5.74) is 3.15. The predicted octanol–water partition coefficient (Wildman–Crippen LogP) is 5.68. The summed E-state index contributed by atoms with van der Waals surface area (Å²) in [6.07, 6.45) is 1.77. The topological polar surface area (TPSA) is 70.3 Å². The average molecular weight is 390 g/mol. The quantitative estimate of drug-likeness (QED) is 0.434. The monoisotopic (exact) mass is 389 g/mol. The molecule has 3 aromatic carbocycles. The number of halogens is 1. The molecule has 0 aliphatic rings. The smallest absolute Gasteiger partial charge is 0.335 e. The van der Waals surface area contributed by atoms with Crippen LogP contribution in [0.3, 0.4) is 0 Å². The lowest BCUT2D eigenvalue weighted by atomic mass is 10.0. The molecule has 1 N–H and O–H groups in total. The van der Waals surface area contributed by atoms with Gasteiger partial charge in [0, 0.05) is 10.6 Å². The van der Waals surface area contributed by atoms with Crippen LogP contribution in [0.4, 0.5) is 0 Å². The Labute approximate surface area is 167 Å². The van der Waals surface area contributed by atoms with Crippen LogP contribution >= 0.6 is 11.6 Å². The maximum atomic E-state index is 10.9. The van der Waals surface area contributed by atoms with Gasteiger partial charge in [-0.05, 0) is 47.5 Å². The minimum atomic E-state index is -0.954. The third-order valence-corrected chi connectivity index (χ3v) is 4.41. The van der Waals surface area contributed by atoms with Crippen LogP contribution in [0.1, 0.15) is 27.0 Å². The first kappa shape index (κ1) is 19.2. The van der Waals surface area contributed by atoms with Gasteiger partial charge < -0.3 is 9.84 Å². The van der Waals surface area contributed by atoms with Gasteiger partial charge in [-0.15, -0.1) is 0 Å². The number of hydrogen-bond acceptors (Lipinski definition) is 3. The van der Waals surface area contributed by atoms with Crippen LogP contribution in [0.2, 0.25) is 5.02 Å². The SMILES string of the molecule is N#CC(=Cc1ccc(OCc2ccc(C(=O)O)cc2)cc1)c1ccccc1Cl. The van der Waals surface area contributed by atoms with Crippen LogP contribution in [0.25, 0.3) is 11.6 Å². The first-order valence-electron chi connectivity index (χ1n) is 8.48. The van der Waals surface area contributed by atoms with Crippen LogP contribution in [-0.2, 0) is 6.61 Å². The van der Waals surface area contributed by atoms with Gasteiger partial charge in [0.15, 0.2) is 0 Å². The minimum absolute atomic E-state index is 0.242. The second-order valence-corrected chi connectivity index (χ2v) is 6.42. The van der Waals surface area contributed by atoms with Crippen molar-refractivity contribution in [3.8, 4) is 11.8 Å². The molecule has 138 valence electrons. The predicted molar refractivity (Wildman–Crippen MR) is 109 cm³/mol. The number of allylic oxidation sites excluding steroid dienone is 1. The van der Waals surface area contributed by atoms with E-state index in [1.54, 1.807) is 36.4 Å². The van der Waals surface area contributed by atoms with Gasteiger partial charge in [0.1, 0.15) is 12.4 Å². The Morgan fingerprint density at radius 3 is 2.32 bits per heavy atom. The molecule has 5 heteroatoms. The Bertz CT molecular complexity index is 1050. The molecule has 0 unspecified atom stereocenters. The number of carboxylic acid groups (broad SMARTS) is 1. The number of nitrogens with zero attached hydrogens (tertiary/aromatic N) is 1. The Hall–Kier alpha value is -3.55. The van der Waals surface area contributed by atoms with Gasteiger partial charge >= 0.3 is 5.97 Å². The number of benzene rings is 3. The van der Waals surface area contributed by atoms with Crippen molar-refractivity contribution in [1.82, 2.24) is 0 Å². The summed E-state index contributed by atoms with van der Waals surface area (Å²) in [7, 11) is 0. The lowest BCUT2D eigenvalue weighted by Gasteiger charge is -2.07.